The maximum Gasteiger partial charge on any atom is 0.451 e. The first-order valence-corrected chi connectivity index (χ1v) is 8.09. The van der Waals surface area contributed by atoms with Gasteiger partial charge in [-0.1, -0.05) is 23.8 Å². The van der Waals surface area contributed by atoms with E-state index in [9.17, 15) is 13.2 Å². The van der Waals surface area contributed by atoms with Gasteiger partial charge in [-0.15, -0.1) is 0 Å². The quantitative estimate of drug-likeness (QED) is 0.720. The van der Waals surface area contributed by atoms with Crippen molar-refractivity contribution in [3.05, 3.63) is 59.4 Å². The Morgan fingerprint density at radius 2 is 1.77 bits per heavy atom. The first-order chi connectivity index (χ1) is 12.4. The van der Waals surface area contributed by atoms with Crippen LogP contribution in [-0.4, -0.2) is 23.6 Å². The molecule has 2 aromatic carbocycles. The molecular formula is C19H18F3N3O. The standard InChI is InChI=1S/C19H18F3N3O/c1-12-3-8-16-15(11-12)17(25-18(24-16)19(20,21)22)23-10-9-13-4-6-14(26-2)7-5-13/h3-8,11H,9-10H2,1-2H3,(H,23,24,25). The molecule has 0 aliphatic heterocycles. The molecule has 0 bridgehead atoms. The molecule has 7 heteroatoms. The van der Waals surface area contributed by atoms with Crippen molar-refractivity contribution in [2.24, 2.45) is 0 Å². The van der Waals surface area contributed by atoms with Crippen molar-refractivity contribution < 1.29 is 17.9 Å². The highest BCUT2D eigenvalue weighted by molar-refractivity contribution is 5.89. The van der Waals surface area contributed by atoms with Crippen molar-refractivity contribution in [3.63, 3.8) is 0 Å². The second-order valence-electron chi connectivity index (χ2n) is 5.94. The fourth-order valence-electron chi connectivity index (χ4n) is 2.62. The van der Waals surface area contributed by atoms with Gasteiger partial charge in [0.1, 0.15) is 11.6 Å². The van der Waals surface area contributed by atoms with Crippen LogP contribution in [0, 0.1) is 6.92 Å². The molecule has 3 rings (SSSR count). The Labute approximate surface area is 149 Å². The summed E-state index contributed by atoms with van der Waals surface area (Å²) < 4.78 is 44.3. The van der Waals surface area contributed by atoms with Gasteiger partial charge in [-0.2, -0.15) is 13.2 Å². The highest BCUT2D eigenvalue weighted by atomic mass is 19.4. The number of nitrogens with one attached hydrogen (secondary N) is 1. The smallest absolute Gasteiger partial charge is 0.451 e. The number of fused-ring (bicyclic) bond motifs is 1. The lowest BCUT2D eigenvalue weighted by Crippen LogP contribution is -2.15. The first kappa shape index (κ1) is 18.0. The highest BCUT2D eigenvalue weighted by Crippen LogP contribution is 2.30. The number of hydrogen-bond donors (Lipinski definition) is 1. The van der Waals surface area contributed by atoms with Gasteiger partial charge >= 0.3 is 6.18 Å². The number of hydrogen-bond acceptors (Lipinski definition) is 4. The minimum Gasteiger partial charge on any atom is -0.497 e. The molecule has 1 N–H and O–H groups in total. The second-order valence-corrected chi connectivity index (χ2v) is 5.94. The van der Waals surface area contributed by atoms with Crippen LogP contribution >= 0.6 is 0 Å². The molecule has 0 saturated heterocycles. The Morgan fingerprint density at radius 1 is 1.04 bits per heavy atom. The number of aryl methyl sites for hydroxylation is 1. The van der Waals surface area contributed by atoms with Crippen LogP contribution in [0.3, 0.4) is 0 Å². The van der Waals surface area contributed by atoms with Gasteiger partial charge < -0.3 is 10.1 Å². The lowest BCUT2D eigenvalue weighted by atomic mass is 10.1. The summed E-state index contributed by atoms with van der Waals surface area (Å²) in [6, 6.07) is 12.6. The number of ether oxygens (including phenoxy) is 1. The SMILES string of the molecule is COc1ccc(CCNc2nc(C(F)(F)F)nc3ccc(C)cc23)cc1. The fraction of sp³-hybridized carbons (Fsp3) is 0.263. The maximum absolute atomic E-state index is 13.1. The Balaban J connectivity index is 1.84. The second kappa shape index (κ2) is 7.19. The number of anilines is 1. The number of methoxy groups -OCH3 is 1. The zero-order chi connectivity index (χ0) is 18.7. The van der Waals surface area contributed by atoms with E-state index in [1.54, 1.807) is 25.3 Å². The number of nitrogens with zero attached hydrogens (tertiary/aromatic N) is 2. The molecule has 0 unspecified atom stereocenters. The summed E-state index contributed by atoms with van der Waals surface area (Å²) in [5.74, 6) is -0.186. The third kappa shape index (κ3) is 4.04. The normalized spacial score (nSPS) is 11.6. The summed E-state index contributed by atoms with van der Waals surface area (Å²) >= 11 is 0. The van der Waals surface area contributed by atoms with Gasteiger partial charge in [0.2, 0.25) is 5.82 Å². The predicted molar refractivity (Wildman–Crippen MR) is 94.5 cm³/mol. The average molecular weight is 361 g/mol. The molecule has 3 aromatic rings. The van der Waals surface area contributed by atoms with Gasteiger partial charge in [0, 0.05) is 11.9 Å². The number of halogens is 3. The zero-order valence-corrected chi connectivity index (χ0v) is 14.4. The molecule has 4 nitrogen and oxygen atoms in total. The van der Waals surface area contributed by atoms with Crippen LogP contribution in [0.4, 0.5) is 19.0 Å². The van der Waals surface area contributed by atoms with Gasteiger partial charge in [-0.25, -0.2) is 9.97 Å². The monoisotopic (exact) mass is 361 g/mol. The van der Waals surface area contributed by atoms with Gasteiger partial charge in [0.25, 0.3) is 0 Å². The predicted octanol–water partition coefficient (Wildman–Crippen LogP) is 4.62. The van der Waals surface area contributed by atoms with Crippen LogP contribution in [-0.2, 0) is 12.6 Å². The summed E-state index contributed by atoms with van der Waals surface area (Å²) in [6.07, 6.45) is -3.95. The van der Waals surface area contributed by atoms with E-state index < -0.39 is 12.0 Å². The van der Waals surface area contributed by atoms with Crippen LogP contribution in [0.15, 0.2) is 42.5 Å². The van der Waals surface area contributed by atoms with E-state index in [1.165, 1.54) is 0 Å². The van der Waals surface area contributed by atoms with Crippen LogP contribution in [0.25, 0.3) is 10.9 Å². The van der Waals surface area contributed by atoms with Crippen LogP contribution in [0.2, 0.25) is 0 Å². The zero-order valence-electron chi connectivity index (χ0n) is 14.4. The van der Waals surface area contributed by atoms with Crippen LogP contribution in [0.1, 0.15) is 17.0 Å². The molecule has 0 saturated carbocycles. The largest absolute Gasteiger partial charge is 0.497 e. The van der Waals surface area contributed by atoms with Crippen molar-refractivity contribution in [3.8, 4) is 5.75 Å². The Hall–Kier alpha value is -2.83. The number of alkyl halides is 3. The van der Waals surface area contributed by atoms with Gasteiger partial charge in [-0.05, 0) is 43.2 Å². The summed E-state index contributed by atoms with van der Waals surface area (Å²) in [4.78, 5) is 7.35. The van der Waals surface area contributed by atoms with E-state index in [-0.39, 0.29) is 11.3 Å². The van der Waals surface area contributed by atoms with E-state index in [0.717, 1.165) is 16.9 Å². The van der Waals surface area contributed by atoms with Crippen molar-refractivity contribution in [1.82, 2.24) is 9.97 Å². The fourth-order valence-corrected chi connectivity index (χ4v) is 2.62. The minimum atomic E-state index is -4.59. The third-order valence-electron chi connectivity index (χ3n) is 3.97. The molecule has 26 heavy (non-hydrogen) atoms. The molecule has 0 aliphatic rings. The number of benzene rings is 2. The molecule has 136 valence electrons. The Morgan fingerprint density at radius 3 is 2.42 bits per heavy atom. The van der Waals surface area contributed by atoms with Crippen molar-refractivity contribution in [2.75, 3.05) is 19.0 Å². The van der Waals surface area contributed by atoms with E-state index in [2.05, 4.69) is 15.3 Å². The summed E-state index contributed by atoms with van der Waals surface area (Å²) in [7, 11) is 1.59. The van der Waals surface area contributed by atoms with Crippen molar-refractivity contribution in [2.45, 2.75) is 19.5 Å². The molecule has 0 aliphatic carbocycles. The lowest BCUT2D eigenvalue weighted by Gasteiger charge is -2.13. The number of aromatic nitrogens is 2. The van der Waals surface area contributed by atoms with Crippen molar-refractivity contribution >= 4 is 16.7 Å². The first-order valence-electron chi connectivity index (χ1n) is 8.09. The molecule has 0 amide bonds. The topological polar surface area (TPSA) is 47.0 Å². The van der Waals surface area contributed by atoms with Gasteiger partial charge in [-0.3, -0.25) is 0 Å². The summed E-state index contributed by atoms with van der Waals surface area (Å²) in [5.41, 5.74) is 2.24. The Kier molecular flexibility index (Phi) is 4.97. The molecule has 0 atom stereocenters. The molecule has 1 heterocycles. The number of rotatable bonds is 5. The molecule has 1 aromatic heterocycles. The van der Waals surface area contributed by atoms with Crippen molar-refractivity contribution in [1.29, 1.82) is 0 Å². The average Bonchev–Trinajstić information content (AvgIpc) is 2.61. The van der Waals surface area contributed by atoms with E-state index in [1.807, 2.05) is 31.2 Å². The van der Waals surface area contributed by atoms with Gasteiger partial charge in [0.05, 0.1) is 12.6 Å². The molecule has 0 spiro atoms. The molecule has 0 radical (unpaired) electrons. The lowest BCUT2D eigenvalue weighted by molar-refractivity contribution is -0.144. The highest BCUT2D eigenvalue weighted by Gasteiger charge is 2.35. The van der Waals surface area contributed by atoms with E-state index >= 15 is 0 Å². The summed E-state index contributed by atoms with van der Waals surface area (Å²) in [5, 5.41) is 3.60. The van der Waals surface area contributed by atoms with Gasteiger partial charge in [0.15, 0.2) is 0 Å². The maximum atomic E-state index is 13.1. The van der Waals surface area contributed by atoms with E-state index in [0.29, 0.717) is 18.4 Å². The molecule has 0 fully saturated rings. The van der Waals surface area contributed by atoms with Crippen LogP contribution < -0.4 is 10.1 Å². The van der Waals surface area contributed by atoms with E-state index in [4.69, 9.17) is 4.74 Å². The third-order valence-corrected chi connectivity index (χ3v) is 3.97. The minimum absolute atomic E-state index is 0.194. The molecular weight excluding hydrogens is 343 g/mol. The Bertz CT molecular complexity index is 908. The summed E-state index contributed by atoms with van der Waals surface area (Å²) in [6.45, 7) is 2.32. The van der Waals surface area contributed by atoms with Crippen LogP contribution in [0.5, 0.6) is 5.75 Å².